The highest BCUT2D eigenvalue weighted by Crippen LogP contribution is 2.22. The van der Waals surface area contributed by atoms with Gasteiger partial charge in [-0.05, 0) is 62.6 Å². The van der Waals surface area contributed by atoms with Crippen LogP contribution in [0.15, 0.2) is 30.3 Å². The number of nitrogens with one attached hydrogen (secondary N) is 2. The van der Waals surface area contributed by atoms with Gasteiger partial charge in [-0.2, -0.15) is 0 Å². The van der Waals surface area contributed by atoms with E-state index in [4.69, 9.17) is 4.74 Å². The van der Waals surface area contributed by atoms with Gasteiger partial charge in [0.15, 0.2) is 0 Å². The number of carbonyl (C=O) groups is 2. The van der Waals surface area contributed by atoms with Crippen LogP contribution in [0.1, 0.15) is 45.1 Å². The highest BCUT2D eigenvalue weighted by molar-refractivity contribution is 5.88. The van der Waals surface area contributed by atoms with Crippen molar-refractivity contribution in [3.63, 3.8) is 0 Å². The van der Waals surface area contributed by atoms with E-state index in [1.54, 1.807) is 7.11 Å². The molecule has 2 N–H and O–H groups in total. The van der Waals surface area contributed by atoms with Crippen molar-refractivity contribution in [1.29, 1.82) is 0 Å². The highest BCUT2D eigenvalue weighted by atomic mass is 16.5. The number of likely N-dealkylation sites (tertiary alicyclic amines) is 1. The largest absolute Gasteiger partial charge is 0.497 e. The van der Waals surface area contributed by atoms with E-state index < -0.39 is 0 Å². The average molecular weight is 401 g/mol. The number of nitrogens with zero attached hydrogens (tertiary/aromatic N) is 2. The third-order valence-electron chi connectivity index (χ3n) is 5.81. The molecule has 1 aromatic carbocycles. The first-order valence-electron chi connectivity index (χ1n) is 10.4. The summed E-state index contributed by atoms with van der Waals surface area (Å²) < 4.78 is 5.18. The van der Waals surface area contributed by atoms with Crippen LogP contribution in [-0.4, -0.2) is 60.6 Å². The Hall–Kier alpha value is -2.54. The molecule has 1 saturated heterocycles. The molecule has 158 valence electrons. The molecule has 2 heterocycles. The molecule has 0 radical (unpaired) electrons. The number of piperidine rings is 1. The Balaban J connectivity index is 1.49. The molecule has 0 aromatic heterocycles. The molecule has 1 fully saturated rings. The molecule has 0 aliphatic carbocycles. The van der Waals surface area contributed by atoms with Gasteiger partial charge in [0.05, 0.1) is 12.8 Å². The summed E-state index contributed by atoms with van der Waals surface area (Å²) in [5.41, 5.74) is 4.83. The number of methoxy groups -OCH3 is 1. The van der Waals surface area contributed by atoms with Crippen LogP contribution in [0.3, 0.4) is 0 Å². The second kappa shape index (κ2) is 9.78. The number of amides is 2. The maximum Gasteiger partial charge on any atom is 0.245 e. The molecular formula is C22H32N4O3. The number of rotatable bonds is 7. The molecular weight excluding hydrogens is 368 g/mol. The van der Waals surface area contributed by atoms with Gasteiger partial charge in [0.1, 0.15) is 12.3 Å². The number of benzene rings is 1. The Labute approximate surface area is 173 Å². The SMILES string of the molecule is COc1ccc(C2=CCC(=O)N(CC(=O)NCCN3C(C)CCCC3C)N2)cc1. The number of hydrazine groups is 1. The summed E-state index contributed by atoms with van der Waals surface area (Å²) in [4.78, 5) is 27.1. The van der Waals surface area contributed by atoms with Crippen LogP contribution in [0, 0.1) is 0 Å². The molecule has 7 heteroatoms. The highest BCUT2D eigenvalue weighted by Gasteiger charge is 2.25. The molecule has 1 aromatic rings. The molecule has 0 spiro atoms. The molecule has 29 heavy (non-hydrogen) atoms. The summed E-state index contributed by atoms with van der Waals surface area (Å²) in [6.45, 7) is 5.93. The van der Waals surface area contributed by atoms with Crippen LogP contribution in [0.25, 0.3) is 5.70 Å². The summed E-state index contributed by atoms with van der Waals surface area (Å²) in [7, 11) is 1.62. The molecule has 2 amide bonds. The standard InChI is InChI=1S/C22H32N4O3/c1-16-5-4-6-17(2)25(16)14-13-23-21(27)15-26-22(28)12-11-20(24-26)18-7-9-19(29-3)10-8-18/h7-11,16-17,24H,4-6,12-15H2,1-3H3,(H,23,27). The minimum Gasteiger partial charge on any atom is -0.497 e. The van der Waals surface area contributed by atoms with Crippen LogP contribution in [0.5, 0.6) is 5.75 Å². The topological polar surface area (TPSA) is 73.9 Å². The fraction of sp³-hybridized carbons (Fsp3) is 0.545. The lowest BCUT2D eigenvalue weighted by molar-refractivity contribution is -0.137. The second-order valence-corrected chi connectivity index (χ2v) is 7.86. The van der Waals surface area contributed by atoms with Crippen molar-refractivity contribution in [1.82, 2.24) is 20.7 Å². The fourth-order valence-electron chi connectivity index (χ4n) is 4.07. The van der Waals surface area contributed by atoms with E-state index in [1.165, 1.54) is 24.3 Å². The Kier molecular flexibility index (Phi) is 7.14. The zero-order valence-corrected chi connectivity index (χ0v) is 17.6. The van der Waals surface area contributed by atoms with Crippen LogP contribution in [-0.2, 0) is 9.59 Å². The normalized spacial score (nSPS) is 22.7. The minimum atomic E-state index is -0.154. The second-order valence-electron chi connectivity index (χ2n) is 7.86. The van der Waals surface area contributed by atoms with Crippen molar-refractivity contribution < 1.29 is 14.3 Å². The maximum atomic E-state index is 12.4. The first kappa shape index (κ1) is 21.2. The van der Waals surface area contributed by atoms with Gasteiger partial charge in [0.2, 0.25) is 11.8 Å². The Bertz CT molecular complexity index is 737. The average Bonchev–Trinajstić information content (AvgIpc) is 2.72. The lowest BCUT2D eigenvalue weighted by atomic mass is 9.98. The van der Waals surface area contributed by atoms with Gasteiger partial charge in [0.25, 0.3) is 0 Å². The molecule has 2 aliphatic rings. The van der Waals surface area contributed by atoms with Crippen LogP contribution in [0.2, 0.25) is 0 Å². The molecule has 2 atom stereocenters. The molecule has 2 aliphatic heterocycles. The van der Waals surface area contributed by atoms with Gasteiger partial charge >= 0.3 is 0 Å². The van der Waals surface area contributed by atoms with Crippen molar-refractivity contribution in [3.05, 3.63) is 35.9 Å². The summed E-state index contributed by atoms with van der Waals surface area (Å²) in [6, 6.07) is 8.69. The predicted molar refractivity (Wildman–Crippen MR) is 113 cm³/mol. The Morgan fingerprint density at radius 1 is 1.21 bits per heavy atom. The van der Waals surface area contributed by atoms with E-state index in [9.17, 15) is 9.59 Å². The van der Waals surface area contributed by atoms with E-state index in [2.05, 4.69) is 29.5 Å². The summed E-state index contributed by atoms with van der Waals surface area (Å²) in [5, 5.41) is 4.35. The summed E-state index contributed by atoms with van der Waals surface area (Å²) in [6.07, 6.45) is 5.82. The quantitative estimate of drug-likeness (QED) is 0.734. The van der Waals surface area contributed by atoms with Crippen molar-refractivity contribution in [2.24, 2.45) is 0 Å². The monoisotopic (exact) mass is 400 g/mol. The number of ether oxygens (including phenoxy) is 1. The first-order chi connectivity index (χ1) is 14.0. The van der Waals surface area contributed by atoms with Crippen molar-refractivity contribution in [2.45, 2.75) is 51.6 Å². The maximum absolute atomic E-state index is 12.4. The fourth-order valence-corrected chi connectivity index (χ4v) is 4.07. The van der Waals surface area contributed by atoms with Crippen molar-refractivity contribution in [2.75, 3.05) is 26.7 Å². The lowest BCUT2D eigenvalue weighted by Gasteiger charge is -2.39. The van der Waals surface area contributed by atoms with Crippen LogP contribution >= 0.6 is 0 Å². The van der Waals surface area contributed by atoms with Gasteiger partial charge < -0.3 is 10.1 Å². The van der Waals surface area contributed by atoms with E-state index in [0.717, 1.165) is 23.6 Å². The van der Waals surface area contributed by atoms with E-state index in [1.807, 2.05) is 30.3 Å². The third-order valence-corrected chi connectivity index (χ3v) is 5.81. The van der Waals surface area contributed by atoms with Gasteiger partial charge in [0, 0.05) is 31.6 Å². The number of carbonyl (C=O) groups excluding carboxylic acids is 2. The lowest BCUT2D eigenvalue weighted by Crippen LogP contribution is -2.51. The van der Waals surface area contributed by atoms with Crippen molar-refractivity contribution in [3.8, 4) is 5.75 Å². The zero-order valence-electron chi connectivity index (χ0n) is 17.6. The Morgan fingerprint density at radius 2 is 1.90 bits per heavy atom. The van der Waals surface area contributed by atoms with E-state index in [0.29, 0.717) is 18.6 Å². The summed E-state index contributed by atoms with van der Waals surface area (Å²) in [5.74, 6) is 0.504. The number of hydrogen-bond donors (Lipinski definition) is 2. The molecule has 0 bridgehead atoms. The zero-order chi connectivity index (χ0) is 20.8. The van der Waals surface area contributed by atoms with E-state index >= 15 is 0 Å². The smallest absolute Gasteiger partial charge is 0.245 e. The third kappa shape index (κ3) is 5.50. The molecule has 2 unspecified atom stereocenters. The van der Waals surface area contributed by atoms with Gasteiger partial charge in [-0.15, -0.1) is 0 Å². The van der Waals surface area contributed by atoms with Crippen LogP contribution in [0.4, 0.5) is 0 Å². The molecule has 7 nitrogen and oxygen atoms in total. The van der Waals surface area contributed by atoms with Crippen LogP contribution < -0.4 is 15.5 Å². The molecule has 3 rings (SSSR count). The number of hydrogen-bond acceptors (Lipinski definition) is 5. The predicted octanol–water partition coefficient (Wildman–Crippen LogP) is 2.15. The van der Waals surface area contributed by atoms with Gasteiger partial charge in [-0.3, -0.25) is 19.9 Å². The van der Waals surface area contributed by atoms with Gasteiger partial charge in [-0.1, -0.05) is 6.42 Å². The first-order valence-corrected chi connectivity index (χ1v) is 10.4. The van der Waals surface area contributed by atoms with E-state index in [-0.39, 0.29) is 24.8 Å². The van der Waals surface area contributed by atoms with Crippen molar-refractivity contribution >= 4 is 17.5 Å². The molecule has 0 saturated carbocycles. The summed E-state index contributed by atoms with van der Waals surface area (Å²) >= 11 is 0. The minimum absolute atomic E-state index is 0.00254. The van der Waals surface area contributed by atoms with Gasteiger partial charge in [-0.25, -0.2) is 5.01 Å². The Morgan fingerprint density at radius 3 is 2.55 bits per heavy atom.